The minimum absolute atomic E-state index is 0.0229. The summed E-state index contributed by atoms with van der Waals surface area (Å²) in [4.78, 5) is 22.2. The molecule has 0 N–H and O–H groups in total. The van der Waals surface area contributed by atoms with Crippen molar-refractivity contribution in [2.24, 2.45) is 5.92 Å². The summed E-state index contributed by atoms with van der Waals surface area (Å²) >= 11 is 5.60. The standard InChI is InChI=1S/C14H25ClO4/c1-11(2)7-5-4-6-8-18-14(17)9-13(10-15)19-12(3)16/h11,13H,4-10H2,1-3H3. The van der Waals surface area contributed by atoms with Gasteiger partial charge in [-0.25, -0.2) is 0 Å². The van der Waals surface area contributed by atoms with Gasteiger partial charge < -0.3 is 9.47 Å². The molecule has 0 radical (unpaired) electrons. The first-order valence-corrected chi connectivity index (χ1v) is 7.38. The van der Waals surface area contributed by atoms with E-state index in [1.54, 1.807) is 0 Å². The summed E-state index contributed by atoms with van der Waals surface area (Å²) < 4.78 is 9.94. The third-order valence-electron chi connectivity index (χ3n) is 2.59. The van der Waals surface area contributed by atoms with Gasteiger partial charge in [0.15, 0.2) is 0 Å². The Bertz CT molecular complexity index is 266. The molecular weight excluding hydrogens is 268 g/mol. The highest BCUT2D eigenvalue weighted by Crippen LogP contribution is 2.09. The van der Waals surface area contributed by atoms with Gasteiger partial charge in [-0.2, -0.15) is 0 Å². The Morgan fingerprint density at radius 1 is 1.16 bits per heavy atom. The monoisotopic (exact) mass is 292 g/mol. The van der Waals surface area contributed by atoms with Crippen LogP contribution in [0, 0.1) is 5.92 Å². The third kappa shape index (κ3) is 12.0. The predicted molar refractivity (Wildman–Crippen MR) is 75.2 cm³/mol. The number of halogens is 1. The molecule has 0 bridgehead atoms. The van der Waals surface area contributed by atoms with Gasteiger partial charge in [0.25, 0.3) is 0 Å². The van der Waals surface area contributed by atoms with Crippen LogP contribution in [-0.4, -0.2) is 30.5 Å². The summed E-state index contributed by atoms with van der Waals surface area (Å²) in [6.07, 6.45) is 3.73. The first-order chi connectivity index (χ1) is 8.95. The lowest BCUT2D eigenvalue weighted by atomic mass is 10.1. The maximum Gasteiger partial charge on any atom is 0.309 e. The number of carbonyl (C=O) groups is 2. The van der Waals surface area contributed by atoms with Crippen LogP contribution < -0.4 is 0 Å². The van der Waals surface area contributed by atoms with Gasteiger partial charge in [-0.15, -0.1) is 11.6 Å². The van der Waals surface area contributed by atoms with Gasteiger partial charge in [0.05, 0.1) is 18.9 Å². The summed E-state index contributed by atoms with van der Waals surface area (Å²) in [6.45, 7) is 6.11. The molecule has 5 heteroatoms. The van der Waals surface area contributed by atoms with E-state index in [0.717, 1.165) is 25.2 Å². The van der Waals surface area contributed by atoms with E-state index in [0.29, 0.717) is 6.61 Å². The first-order valence-electron chi connectivity index (χ1n) is 6.84. The van der Waals surface area contributed by atoms with Gasteiger partial charge in [0.2, 0.25) is 0 Å². The Morgan fingerprint density at radius 3 is 2.37 bits per heavy atom. The number of unbranched alkanes of at least 4 members (excludes halogenated alkanes) is 2. The van der Waals surface area contributed by atoms with Crippen molar-refractivity contribution in [1.82, 2.24) is 0 Å². The number of hydrogen-bond donors (Lipinski definition) is 0. The fourth-order valence-corrected chi connectivity index (χ4v) is 1.80. The molecule has 1 atom stereocenters. The number of hydrogen-bond acceptors (Lipinski definition) is 4. The second kappa shape index (κ2) is 11.1. The lowest BCUT2D eigenvalue weighted by molar-refractivity contribution is -0.152. The molecule has 0 aliphatic heterocycles. The molecule has 0 aliphatic carbocycles. The van der Waals surface area contributed by atoms with E-state index >= 15 is 0 Å². The topological polar surface area (TPSA) is 52.6 Å². The van der Waals surface area contributed by atoms with Crippen LogP contribution >= 0.6 is 11.6 Å². The Balaban J connectivity index is 3.60. The molecule has 0 rings (SSSR count). The SMILES string of the molecule is CC(=O)OC(CCl)CC(=O)OCCCCCC(C)C. The third-order valence-corrected chi connectivity index (χ3v) is 2.93. The van der Waals surface area contributed by atoms with Crippen molar-refractivity contribution in [1.29, 1.82) is 0 Å². The van der Waals surface area contributed by atoms with Crippen molar-refractivity contribution in [3.63, 3.8) is 0 Å². The summed E-state index contributed by atoms with van der Waals surface area (Å²) in [5, 5.41) is 0. The number of alkyl halides is 1. The quantitative estimate of drug-likeness (QED) is 0.352. The average Bonchev–Trinajstić information content (AvgIpc) is 2.31. The molecule has 0 fully saturated rings. The second-order valence-electron chi connectivity index (χ2n) is 5.05. The molecule has 0 saturated carbocycles. The number of ether oxygens (including phenoxy) is 2. The van der Waals surface area contributed by atoms with Crippen LogP contribution in [0.5, 0.6) is 0 Å². The molecule has 1 unspecified atom stereocenters. The largest absolute Gasteiger partial charge is 0.466 e. The normalized spacial score (nSPS) is 12.3. The van der Waals surface area contributed by atoms with Crippen molar-refractivity contribution in [2.45, 2.75) is 59.0 Å². The number of carbonyl (C=O) groups excluding carboxylic acids is 2. The molecule has 112 valence electrons. The van der Waals surface area contributed by atoms with E-state index < -0.39 is 12.1 Å². The Morgan fingerprint density at radius 2 is 1.84 bits per heavy atom. The second-order valence-corrected chi connectivity index (χ2v) is 5.36. The van der Waals surface area contributed by atoms with Crippen molar-refractivity contribution >= 4 is 23.5 Å². The average molecular weight is 293 g/mol. The molecule has 0 aromatic rings. The minimum Gasteiger partial charge on any atom is -0.466 e. The Hall–Kier alpha value is -0.770. The Kier molecular flexibility index (Phi) is 10.6. The summed E-state index contributed by atoms with van der Waals surface area (Å²) in [7, 11) is 0. The molecule has 0 aromatic heterocycles. The van der Waals surface area contributed by atoms with Crippen LogP contribution in [0.1, 0.15) is 52.9 Å². The molecule has 19 heavy (non-hydrogen) atoms. The van der Waals surface area contributed by atoms with Crippen LogP contribution in [0.15, 0.2) is 0 Å². The fourth-order valence-electron chi connectivity index (χ4n) is 1.62. The van der Waals surface area contributed by atoms with Crippen LogP contribution in [0.4, 0.5) is 0 Å². The maximum atomic E-state index is 11.5. The first kappa shape index (κ1) is 18.2. The molecule has 0 spiro atoms. The van der Waals surface area contributed by atoms with Gasteiger partial charge in [-0.1, -0.05) is 33.1 Å². The van der Waals surface area contributed by atoms with Crippen molar-refractivity contribution in [3.05, 3.63) is 0 Å². The van der Waals surface area contributed by atoms with Crippen molar-refractivity contribution in [2.75, 3.05) is 12.5 Å². The number of rotatable bonds is 10. The highest BCUT2D eigenvalue weighted by molar-refractivity contribution is 6.18. The van der Waals surface area contributed by atoms with E-state index in [2.05, 4.69) is 13.8 Å². The molecule has 0 saturated heterocycles. The molecule has 0 aromatic carbocycles. The van der Waals surface area contributed by atoms with E-state index in [-0.39, 0.29) is 18.3 Å². The minimum atomic E-state index is -0.590. The molecule has 0 aliphatic rings. The van der Waals surface area contributed by atoms with E-state index in [9.17, 15) is 9.59 Å². The van der Waals surface area contributed by atoms with Crippen LogP contribution in [0.25, 0.3) is 0 Å². The van der Waals surface area contributed by atoms with Gasteiger partial charge in [0.1, 0.15) is 6.10 Å². The summed E-state index contributed by atoms with van der Waals surface area (Å²) in [6, 6.07) is 0. The van der Waals surface area contributed by atoms with Gasteiger partial charge in [0, 0.05) is 6.92 Å². The predicted octanol–water partition coefficient (Wildman–Crippen LogP) is 3.31. The van der Waals surface area contributed by atoms with E-state index in [1.807, 2.05) is 0 Å². The smallest absolute Gasteiger partial charge is 0.309 e. The maximum absolute atomic E-state index is 11.5. The highest BCUT2D eigenvalue weighted by Gasteiger charge is 2.16. The number of esters is 2. The molecular formula is C14H25ClO4. The molecule has 0 amide bonds. The van der Waals surface area contributed by atoms with E-state index in [1.165, 1.54) is 13.3 Å². The van der Waals surface area contributed by atoms with Crippen LogP contribution in [-0.2, 0) is 19.1 Å². The summed E-state index contributed by atoms with van der Waals surface area (Å²) in [5.74, 6) is 0.0157. The van der Waals surface area contributed by atoms with Crippen LogP contribution in [0.2, 0.25) is 0 Å². The zero-order valence-electron chi connectivity index (χ0n) is 12.1. The van der Waals surface area contributed by atoms with Crippen molar-refractivity contribution < 1.29 is 19.1 Å². The Labute approximate surface area is 120 Å². The zero-order chi connectivity index (χ0) is 14.7. The van der Waals surface area contributed by atoms with Crippen molar-refractivity contribution in [3.8, 4) is 0 Å². The lowest BCUT2D eigenvalue weighted by Gasteiger charge is -2.13. The van der Waals surface area contributed by atoms with E-state index in [4.69, 9.17) is 21.1 Å². The van der Waals surface area contributed by atoms with Crippen LogP contribution in [0.3, 0.4) is 0 Å². The van der Waals surface area contributed by atoms with Gasteiger partial charge in [-0.05, 0) is 12.3 Å². The molecule has 4 nitrogen and oxygen atoms in total. The van der Waals surface area contributed by atoms with Gasteiger partial charge in [-0.3, -0.25) is 9.59 Å². The fraction of sp³-hybridized carbons (Fsp3) is 0.857. The lowest BCUT2D eigenvalue weighted by Crippen LogP contribution is -2.23. The molecule has 0 heterocycles. The summed E-state index contributed by atoms with van der Waals surface area (Å²) in [5.41, 5.74) is 0. The highest BCUT2D eigenvalue weighted by atomic mass is 35.5. The van der Waals surface area contributed by atoms with Gasteiger partial charge >= 0.3 is 11.9 Å². The zero-order valence-corrected chi connectivity index (χ0v) is 12.9.